The van der Waals surface area contributed by atoms with Gasteiger partial charge in [-0.25, -0.2) is 13.6 Å². The van der Waals surface area contributed by atoms with E-state index in [-0.39, 0.29) is 24.9 Å². The van der Waals surface area contributed by atoms with Gasteiger partial charge in [-0.1, -0.05) is 29.8 Å². The standard InChI is InChI=1S/C18H20F2N2O2/c1-13-3-2-4-14(11-13)7-8-21-18(23)22-9-10-24-17-6-5-15(19)12-16(17)20/h2-6,11-12H,7-10H2,1H3,(H2,21,22,23). The summed E-state index contributed by atoms with van der Waals surface area (Å²) in [7, 11) is 0. The molecule has 0 saturated heterocycles. The summed E-state index contributed by atoms with van der Waals surface area (Å²) in [4.78, 5) is 11.6. The van der Waals surface area contributed by atoms with Gasteiger partial charge in [0.15, 0.2) is 11.6 Å². The third kappa shape index (κ3) is 5.87. The smallest absolute Gasteiger partial charge is 0.314 e. The lowest BCUT2D eigenvalue weighted by Gasteiger charge is -2.10. The molecule has 0 bridgehead atoms. The Kier molecular flexibility index (Phi) is 6.54. The van der Waals surface area contributed by atoms with E-state index in [4.69, 9.17) is 4.74 Å². The van der Waals surface area contributed by atoms with Crippen molar-refractivity contribution in [3.63, 3.8) is 0 Å². The van der Waals surface area contributed by atoms with Gasteiger partial charge in [0.1, 0.15) is 12.4 Å². The van der Waals surface area contributed by atoms with Crippen LogP contribution in [0.1, 0.15) is 11.1 Å². The van der Waals surface area contributed by atoms with E-state index in [1.165, 1.54) is 11.6 Å². The van der Waals surface area contributed by atoms with E-state index in [2.05, 4.69) is 16.7 Å². The maximum absolute atomic E-state index is 13.3. The molecule has 2 aromatic carbocycles. The number of carbonyl (C=O) groups excluding carboxylic acids is 1. The minimum atomic E-state index is -0.766. The van der Waals surface area contributed by atoms with E-state index in [0.717, 1.165) is 24.1 Å². The molecule has 2 aromatic rings. The van der Waals surface area contributed by atoms with Gasteiger partial charge in [-0.15, -0.1) is 0 Å². The van der Waals surface area contributed by atoms with Crippen LogP contribution in [0, 0.1) is 18.6 Å². The van der Waals surface area contributed by atoms with Gasteiger partial charge < -0.3 is 15.4 Å². The highest BCUT2D eigenvalue weighted by Gasteiger charge is 2.05. The summed E-state index contributed by atoms with van der Waals surface area (Å²) in [6, 6.07) is 10.9. The number of amides is 2. The van der Waals surface area contributed by atoms with Crippen molar-refractivity contribution in [2.45, 2.75) is 13.3 Å². The quantitative estimate of drug-likeness (QED) is 0.764. The van der Waals surface area contributed by atoms with Crippen molar-refractivity contribution >= 4 is 6.03 Å². The third-order valence-electron chi connectivity index (χ3n) is 3.32. The van der Waals surface area contributed by atoms with Crippen molar-refractivity contribution in [1.29, 1.82) is 0 Å². The average Bonchev–Trinajstić information content (AvgIpc) is 2.53. The highest BCUT2D eigenvalue weighted by molar-refractivity contribution is 5.73. The van der Waals surface area contributed by atoms with Crippen LogP contribution in [0.25, 0.3) is 0 Å². The molecule has 0 aromatic heterocycles. The fraction of sp³-hybridized carbons (Fsp3) is 0.278. The van der Waals surface area contributed by atoms with E-state index in [9.17, 15) is 13.6 Å². The Morgan fingerprint density at radius 1 is 1.08 bits per heavy atom. The molecule has 2 amide bonds. The summed E-state index contributed by atoms with van der Waals surface area (Å²) in [5.74, 6) is -1.47. The second kappa shape index (κ2) is 8.86. The van der Waals surface area contributed by atoms with Crippen molar-refractivity contribution in [1.82, 2.24) is 10.6 Å². The Labute approximate surface area is 139 Å². The number of hydrogen-bond acceptors (Lipinski definition) is 2. The first-order valence-electron chi connectivity index (χ1n) is 7.69. The van der Waals surface area contributed by atoms with Crippen molar-refractivity contribution in [2.24, 2.45) is 0 Å². The second-order valence-corrected chi connectivity index (χ2v) is 5.34. The highest BCUT2D eigenvalue weighted by Crippen LogP contribution is 2.17. The molecule has 0 saturated carbocycles. The molecule has 0 radical (unpaired) electrons. The van der Waals surface area contributed by atoms with E-state index < -0.39 is 11.6 Å². The summed E-state index contributed by atoms with van der Waals surface area (Å²) in [6.07, 6.45) is 0.742. The van der Waals surface area contributed by atoms with Crippen molar-refractivity contribution < 1.29 is 18.3 Å². The Morgan fingerprint density at radius 2 is 1.88 bits per heavy atom. The maximum atomic E-state index is 13.3. The molecule has 6 heteroatoms. The van der Waals surface area contributed by atoms with Crippen LogP contribution in [-0.2, 0) is 6.42 Å². The first-order valence-corrected chi connectivity index (χ1v) is 7.69. The summed E-state index contributed by atoms with van der Waals surface area (Å²) in [5.41, 5.74) is 2.34. The summed E-state index contributed by atoms with van der Waals surface area (Å²) in [5, 5.41) is 5.35. The van der Waals surface area contributed by atoms with Gasteiger partial charge in [0, 0.05) is 12.6 Å². The molecule has 4 nitrogen and oxygen atoms in total. The number of carbonyl (C=O) groups is 1. The molecule has 0 spiro atoms. The lowest BCUT2D eigenvalue weighted by atomic mass is 10.1. The molecule has 0 heterocycles. The van der Waals surface area contributed by atoms with Crippen molar-refractivity contribution in [3.8, 4) is 5.75 Å². The van der Waals surface area contributed by atoms with E-state index in [0.29, 0.717) is 6.54 Å². The molecular formula is C18H20F2N2O2. The maximum Gasteiger partial charge on any atom is 0.314 e. The zero-order chi connectivity index (χ0) is 17.4. The lowest BCUT2D eigenvalue weighted by molar-refractivity contribution is 0.236. The van der Waals surface area contributed by atoms with Gasteiger partial charge in [0.05, 0.1) is 6.54 Å². The van der Waals surface area contributed by atoms with Crippen LogP contribution in [0.3, 0.4) is 0 Å². The number of ether oxygens (including phenoxy) is 1. The van der Waals surface area contributed by atoms with Gasteiger partial charge in [0.25, 0.3) is 0 Å². The monoisotopic (exact) mass is 334 g/mol. The van der Waals surface area contributed by atoms with Crippen LogP contribution >= 0.6 is 0 Å². The first-order chi connectivity index (χ1) is 11.5. The molecular weight excluding hydrogens is 314 g/mol. The van der Waals surface area contributed by atoms with Crippen LogP contribution < -0.4 is 15.4 Å². The van der Waals surface area contributed by atoms with Gasteiger partial charge in [-0.05, 0) is 31.0 Å². The summed E-state index contributed by atoms with van der Waals surface area (Å²) < 4.78 is 31.2. The number of urea groups is 1. The van der Waals surface area contributed by atoms with Crippen molar-refractivity contribution in [2.75, 3.05) is 19.7 Å². The predicted octanol–water partition coefficient (Wildman–Crippen LogP) is 3.19. The van der Waals surface area contributed by atoms with E-state index in [1.807, 2.05) is 25.1 Å². The molecule has 0 aliphatic carbocycles. The first kappa shape index (κ1) is 17.7. The van der Waals surface area contributed by atoms with Gasteiger partial charge >= 0.3 is 6.03 Å². The molecule has 0 unspecified atom stereocenters. The van der Waals surface area contributed by atoms with Crippen LogP contribution in [0.2, 0.25) is 0 Å². The predicted molar refractivity (Wildman–Crippen MR) is 88.1 cm³/mol. The summed E-state index contributed by atoms with van der Waals surface area (Å²) in [6.45, 7) is 2.84. The molecule has 24 heavy (non-hydrogen) atoms. The molecule has 2 N–H and O–H groups in total. The van der Waals surface area contributed by atoms with Crippen LogP contribution in [0.4, 0.5) is 13.6 Å². The number of rotatable bonds is 7. The molecule has 128 valence electrons. The van der Waals surface area contributed by atoms with Crippen molar-refractivity contribution in [3.05, 3.63) is 65.2 Å². The number of hydrogen-bond donors (Lipinski definition) is 2. The molecule has 0 aliphatic rings. The van der Waals surface area contributed by atoms with Gasteiger partial charge in [-0.2, -0.15) is 0 Å². The Balaban J connectivity index is 1.61. The largest absolute Gasteiger partial charge is 0.489 e. The summed E-state index contributed by atoms with van der Waals surface area (Å²) >= 11 is 0. The number of aryl methyl sites for hydroxylation is 1. The highest BCUT2D eigenvalue weighted by atomic mass is 19.1. The zero-order valence-electron chi connectivity index (χ0n) is 13.4. The number of halogens is 2. The number of nitrogens with one attached hydrogen (secondary N) is 2. The van der Waals surface area contributed by atoms with Crippen LogP contribution in [0.15, 0.2) is 42.5 Å². The van der Waals surface area contributed by atoms with Gasteiger partial charge in [-0.3, -0.25) is 0 Å². The SMILES string of the molecule is Cc1cccc(CCNC(=O)NCCOc2ccc(F)cc2F)c1. The topological polar surface area (TPSA) is 50.4 Å². The van der Waals surface area contributed by atoms with Crippen LogP contribution in [-0.4, -0.2) is 25.7 Å². The Hall–Kier alpha value is -2.63. The molecule has 0 aliphatic heterocycles. The fourth-order valence-corrected chi connectivity index (χ4v) is 2.17. The lowest BCUT2D eigenvalue weighted by Crippen LogP contribution is -2.38. The fourth-order valence-electron chi connectivity index (χ4n) is 2.17. The minimum Gasteiger partial charge on any atom is -0.489 e. The second-order valence-electron chi connectivity index (χ2n) is 5.34. The normalized spacial score (nSPS) is 10.3. The average molecular weight is 334 g/mol. The van der Waals surface area contributed by atoms with E-state index in [1.54, 1.807) is 0 Å². The molecule has 0 fully saturated rings. The zero-order valence-corrected chi connectivity index (χ0v) is 13.4. The number of benzene rings is 2. The van der Waals surface area contributed by atoms with E-state index >= 15 is 0 Å². The Bertz CT molecular complexity index is 692. The Morgan fingerprint density at radius 3 is 2.62 bits per heavy atom. The van der Waals surface area contributed by atoms with Gasteiger partial charge in [0.2, 0.25) is 0 Å². The molecule has 0 atom stereocenters. The third-order valence-corrected chi connectivity index (χ3v) is 3.32. The minimum absolute atomic E-state index is 0.0435. The van der Waals surface area contributed by atoms with Crippen LogP contribution in [0.5, 0.6) is 5.75 Å². The molecule has 2 rings (SSSR count).